The standard InChI is InChI=1S/C13H11BrN.C4H10N.2CH3.2ClH.Si.Zr/c1-8-6-10-9-4-3-5-11(14)13(9)15(2)12(10)7-8;1-4(2,3)5;;;;;;/h3-7H,1-2H3;5H,1-3H3;2*1H3;2*1H;;/q4*-1;;;;. The Morgan fingerprint density at radius 3 is 2.08 bits per heavy atom. The number of para-hydroxylation sites is 1. The van der Waals surface area contributed by atoms with E-state index in [-0.39, 0.29) is 45.2 Å². The van der Waals surface area contributed by atoms with Gasteiger partial charge in [0.25, 0.3) is 0 Å². The Bertz CT molecular complexity index is 773. The van der Waals surface area contributed by atoms with Crippen molar-refractivity contribution in [3.63, 3.8) is 0 Å². The van der Waals surface area contributed by atoms with E-state index in [9.17, 15) is 0 Å². The molecule has 0 amide bonds. The Morgan fingerprint density at radius 2 is 1.62 bits per heavy atom. The first-order valence-corrected chi connectivity index (χ1v) is 12.0. The van der Waals surface area contributed by atoms with Gasteiger partial charge in [0.2, 0.25) is 0 Å². The number of benzene rings is 1. The second kappa shape index (κ2) is 14.5. The zero-order chi connectivity index (χ0) is 17.1. The number of aryl methyl sites for hydroxylation is 2. The third-order valence-electron chi connectivity index (χ3n) is 2.99. The second-order valence-corrected chi connectivity index (χ2v) is 7.13. The van der Waals surface area contributed by atoms with Crippen LogP contribution in [-0.4, -0.2) is 17.0 Å². The Morgan fingerprint density at radius 1 is 1.15 bits per heavy atom. The Hall–Kier alpha value is 0.490. The Labute approximate surface area is 197 Å². The molecule has 0 spiro atoms. The Balaban J connectivity index is -0.000000196. The molecule has 2 radical (unpaired) electrons. The van der Waals surface area contributed by atoms with Crippen molar-refractivity contribution in [2.45, 2.75) is 33.2 Å². The van der Waals surface area contributed by atoms with Crippen molar-refractivity contribution in [3.8, 4) is 0 Å². The van der Waals surface area contributed by atoms with E-state index in [0.717, 1.165) is 4.47 Å². The summed E-state index contributed by atoms with van der Waals surface area (Å²) in [5, 5.41) is 2.68. The van der Waals surface area contributed by atoms with Crippen molar-refractivity contribution in [1.29, 1.82) is 0 Å². The molecule has 0 bridgehead atoms. The van der Waals surface area contributed by atoms with E-state index < -0.39 is 0 Å². The summed E-state index contributed by atoms with van der Waals surface area (Å²) in [6.07, 6.45) is 0. The molecule has 0 saturated carbocycles. The molecule has 0 unspecified atom stereocenters. The molecule has 1 aromatic heterocycles. The van der Waals surface area contributed by atoms with Crippen molar-refractivity contribution in [1.82, 2.24) is 4.57 Å². The maximum atomic E-state index is 6.94. The van der Waals surface area contributed by atoms with Crippen LogP contribution >= 0.6 is 40.7 Å². The third kappa shape index (κ3) is 9.12. The summed E-state index contributed by atoms with van der Waals surface area (Å²) in [5.41, 5.74) is 10.6. The summed E-state index contributed by atoms with van der Waals surface area (Å²) in [5.74, 6) is 0. The van der Waals surface area contributed by atoms with E-state index >= 15 is 0 Å². The van der Waals surface area contributed by atoms with Crippen LogP contribution in [0.1, 0.15) is 26.3 Å². The van der Waals surface area contributed by atoms with Crippen LogP contribution in [-0.2, 0) is 30.4 Å². The van der Waals surface area contributed by atoms with Gasteiger partial charge in [0, 0.05) is 17.0 Å². The molecular weight excluding hydrogens is 526 g/mol. The molecule has 0 atom stereocenters. The molecular formula is C19H29BrCl2N2SiZr-4. The van der Waals surface area contributed by atoms with Gasteiger partial charge >= 0.3 is 30.2 Å². The molecule has 3 aromatic rings. The molecule has 26 heavy (non-hydrogen) atoms. The topological polar surface area (TPSA) is 28.7 Å². The fourth-order valence-electron chi connectivity index (χ4n) is 2.32. The monoisotopic (exact) mass is 552 g/mol. The number of halogens is 3. The van der Waals surface area contributed by atoms with E-state index in [0.29, 0.717) is 0 Å². The van der Waals surface area contributed by atoms with Gasteiger partial charge in [0.05, 0.1) is 0 Å². The van der Waals surface area contributed by atoms with Gasteiger partial charge in [-0.05, 0) is 22.0 Å². The van der Waals surface area contributed by atoms with Gasteiger partial charge in [-0.15, -0.1) is 53.4 Å². The average Bonchev–Trinajstić information content (AvgIpc) is 2.90. The normalized spacial score (nSPS) is 9.15. The van der Waals surface area contributed by atoms with Crippen molar-refractivity contribution in [2.75, 3.05) is 0 Å². The van der Waals surface area contributed by atoms with E-state index in [1.165, 1.54) is 50.7 Å². The van der Waals surface area contributed by atoms with Gasteiger partial charge in [0.15, 0.2) is 0 Å². The predicted octanol–water partition coefficient (Wildman–Crippen LogP) is 7.32. The first-order valence-electron chi connectivity index (χ1n) is 6.98. The first kappa shape index (κ1) is 34.0. The first-order chi connectivity index (χ1) is 10.2. The van der Waals surface area contributed by atoms with Crippen LogP contribution < -0.4 is 0 Å². The zero-order valence-electron chi connectivity index (χ0n) is 16.5. The summed E-state index contributed by atoms with van der Waals surface area (Å²) in [4.78, 5) is 0. The van der Waals surface area contributed by atoms with Crippen molar-refractivity contribution < 1.29 is 23.3 Å². The molecule has 3 rings (SSSR count). The molecule has 0 saturated heterocycles. The SMILES string of the molecule is CC(C)(C)[NH-].Cc1cc2c([cH-]1)c1cccc(Br)c1n2C.Cl.Cl.[CH3-].[CH3-].[Si]=[Zr]. The quantitative estimate of drug-likeness (QED) is 0.206. The van der Waals surface area contributed by atoms with Crippen molar-refractivity contribution in [3.05, 3.63) is 61.0 Å². The third-order valence-corrected chi connectivity index (χ3v) is 3.63. The average molecular weight is 556 g/mol. The molecule has 0 fully saturated rings. The molecule has 2 aromatic carbocycles. The second-order valence-electron chi connectivity index (χ2n) is 6.28. The minimum atomic E-state index is -0.250. The Kier molecular flexibility index (Phi) is 19.0. The van der Waals surface area contributed by atoms with Gasteiger partial charge < -0.3 is 25.2 Å². The number of rotatable bonds is 0. The molecule has 1 heterocycles. The number of hydrogen-bond acceptors (Lipinski definition) is 0. The summed E-state index contributed by atoms with van der Waals surface area (Å²) >= 11 is 4.96. The zero-order valence-corrected chi connectivity index (χ0v) is 23.2. The number of nitrogens with zero attached hydrogens (tertiary/aromatic N) is 1. The predicted molar refractivity (Wildman–Crippen MR) is 126 cm³/mol. The van der Waals surface area contributed by atoms with Gasteiger partial charge in [0.1, 0.15) is 0 Å². The van der Waals surface area contributed by atoms with Crippen LogP contribution in [0.5, 0.6) is 0 Å². The summed E-state index contributed by atoms with van der Waals surface area (Å²) in [7, 11) is 2.12. The molecule has 0 aliphatic carbocycles. The van der Waals surface area contributed by atoms with Gasteiger partial charge in [-0.2, -0.15) is 0 Å². The van der Waals surface area contributed by atoms with Crippen LogP contribution in [0, 0.1) is 21.8 Å². The van der Waals surface area contributed by atoms with Crippen LogP contribution in [0.2, 0.25) is 0 Å². The van der Waals surface area contributed by atoms with Crippen LogP contribution in [0.15, 0.2) is 34.8 Å². The molecule has 148 valence electrons. The van der Waals surface area contributed by atoms with E-state index in [1.54, 1.807) is 0 Å². The van der Waals surface area contributed by atoms with E-state index in [4.69, 9.17) is 5.73 Å². The summed E-state index contributed by atoms with van der Waals surface area (Å²) < 4.78 is 3.42. The van der Waals surface area contributed by atoms with E-state index in [1.807, 2.05) is 20.8 Å². The van der Waals surface area contributed by atoms with Crippen LogP contribution in [0.3, 0.4) is 0 Å². The molecule has 0 aliphatic rings. The molecule has 0 aliphatic heterocycles. The maximum absolute atomic E-state index is 6.94. The molecule has 7 heteroatoms. The summed E-state index contributed by atoms with van der Waals surface area (Å²) in [6, 6.07) is 10.9. The van der Waals surface area contributed by atoms with Gasteiger partial charge in [-0.3, -0.25) is 0 Å². The number of aromatic nitrogens is 1. The van der Waals surface area contributed by atoms with Crippen molar-refractivity contribution in [2.24, 2.45) is 7.05 Å². The molecule has 1 N–H and O–H groups in total. The van der Waals surface area contributed by atoms with Crippen molar-refractivity contribution >= 4 is 69.4 Å². The number of fused-ring (bicyclic) bond motifs is 3. The fourth-order valence-corrected chi connectivity index (χ4v) is 2.96. The summed E-state index contributed by atoms with van der Waals surface area (Å²) in [6.45, 7) is 10.8. The van der Waals surface area contributed by atoms with Crippen LogP contribution in [0.25, 0.3) is 27.5 Å². The van der Waals surface area contributed by atoms with Crippen LogP contribution in [0.4, 0.5) is 0 Å². The van der Waals surface area contributed by atoms with Gasteiger partial charge in [-0.1, -0.05) is 50.7 Å². The fraction of sp³-hybridized carbons (Fsp3) is 0.316. The minimum absolute atomic E-state index is 0. The van der Waals surface area contributed by atoms with Gasteiger partial charge in [-0.25, -0.2) is 0 Å². The number of nitrogens with one attached hydrogen (secondary N) is 1. The molecule has 2 nitrogen and oxygen atoms in total. The number of hydrogen-bond donors (Lipinski definition) is 0. The van der Waals surface area contributed by atoms with E-state index in [2.05, 4.69) is 71.7 Å².